The second-order valence-electron chi connectivity index (χ2n) is 5.92. The van der Waals surface area contributed by atoms with E-state index in [0.29, 0.717) is 17.2 Å². The minimum absolute atomic E-state index is 0.191. The molecule has 0 saturated carbocycles. The number of aromatic nitrogens is 5. The lowest BCUT2D eigenvalue weighted by atomic mass is 10.1. The Morgan fingerprint density at radius 3 is 2.93 bits per heavy atom. The highest BCUT2D eigenvalue weighted by molar-refractivity contribution is 6.12. The first-order chi connectivity index (χ1) is 13.1. The maximum atomic E-state index is 12.8. The number of H-pyrrole nitrogens is 3. The molecule has 0 aliphatic rings. The summed E-state index contributed by atoms with van der Waals surface area (Å²) in [5.74, 6) is 0.593. The lowest BCUT2D eigenvalue weighted by Gasteiger charge is -2.07. The molecule has 0 bridgehead atoms. The maximum Gasteiger partial charge on any atom is 0.261 e. The van der Waals surface area contributed by atoms with Crippen molar-refractivity contribution in [1.29, 1.82) is 0 Å². The van der Waals surface area contributed by atoms with E-state index in [9.17, 15) is 9.59 Å². The van der Waals surface area contributed by atoms with Crippen molar-refractivity contribution in [1.82, 2.24) is 25.1 Å². The first kappa shape index (κ1) is 16.6. The summed E-state index contributed by atoms with van der Waals surface area (Å²) in [6, 6.07) is 7.45. The van der Waals surface area contributed by atoms with E-state index in [2.05, 4.69) is 30.5 Å². The number of rotatable bonds is 4. The molecule has 1 aromatic carbocycles. The topological polar surface area (TPSA) is 129 Å². The van der Waals surface area contributed by atoms with Gasteiger partial charge in [0.1, 0.15) is 11.4 Å². The maximum absolute atomic E-state index is 12.8. The van der Waals surface area contributed by atoms with Gasteiger partial charge in [0.15, 0.2) is 5.82 Å². The molecule has 4 rings (SSSR count). The number of amides is 1. The summed E-state index contributed by atoms with van der Waals surface area (Å²) in [4.78, 5) is 34.1. The number of carbonyl (C=O) groups excluding carboxylic acids is 1. The Bertz CT molecular complexity index is 1200. The second-order valence-corrected chi connectivity index (χ2v) is 5.92. The van der Waals surface area contributed by atoms with Crippen LogP contribution in [-0.4, -0.2) is 38.2 Å². The van der Waals surface area contributed by atoms with E-state index in [1.165, 1.54) is 12.5 Å². The molecule has 0 spiro atoms. The number of hydrogen-bond donors (Lipinski definition) is 4. The van der Waals surface area contributed by atoms with Crippen molar-refractivity contribution in [2.24, 2.45) is 0 Å². The number of fused-ring (bicyclic) bond motifs is 1. The average molecular weight is 364 g/mol. The lowest BCUT2D eigenvalue weighted by Crippen LogP contribution is -2.16. The number of ether oxygens (including phenoxy) is 1. The van der Waals surface area contributed by atoms with Gasteiger partial charge in [-0.05, 0) is 24.6 Å². The largest absolute Gasteiger partial charge is 0.497 e. The molecule has 0 radical (unpaired) electrons. The average Bonchev–Trinajstić information content (AvgIpc) is 3.26. The third kappa shape index (κ3) is 2.84. The first-order valence-electron chi connectivity index (χ1n) is 8.14. The van der Waals surface area contributed by atoms with Gasteiger partial charge in [-0.1, -0.05) is 12.1 Å². The number of benzene rings is 1. The number of aromatic amines is 3. The van der Waals surface area contributed by atoms with Crippen LogP contribution in [0, 0.1) is 6.92 Å². The zero-order valence-corrected chi connectivity index (χ0v) is 14.6. The monoisotopic (exact) mass is 364 g/mol. The van der Waals surface area contributed by atoms with Gasteiger partial charge in [-0.25, -0.2) is 4.98 Å². The van der Waals surface area contributed by atoms with Crippen LogP contribution in [0.3, 0.4) is 0 Å². The molecule has 0 unspecified atom stereocenters. The Kier molecular flexibility index (Phi) is 3.96. The SMILES string of the molecule is COc1cccc(-c2c(NC(=O)c3c[nH]c4nc[nH]c(=O)c34)n[nH]c2C)c1. The molecule has 4 N–H and O–H groups in total. The van der Waals surface area contributed by atoms with Gasteiger partial charge in [0.05, 0.1) is 24.4 Å². The Morgan fingerprint density at radius 1 is 1.26 bits per heavy atom. The zero-order chi connectivity index (χ0) is 19.0. The van der Waals surface area contributed by atoms with E-state index in [0.717, 1.165) is 16.8 Å². The number of methoxy groups -OCH3 is 1. The van der Waals surface area contributed by atoms with E-state index in [1.54, 1.807) is 7.11 Å². The molecule has 1 amide bonds. The highest BCUT2D eigenvalue weighted by Crippen LogP contribution is 2.32. The van der Waals surface area contributed by atoms with Crippen LogP contribution in [0.15, 0.2) is 41.6 Å². The van der Waals surface area contributed by atoms with Crippen molar-refractivity contribution < 1.29 is 9.53 Å². The molecule has 0 atom stereocenters. The van der Waals surface area contributed by atoms with Gasteiger partial charge in [-0.2, -0.15) is 5.10 Å². The molecule has 0 fully saturated rings. The van der Waals surface area contributed by atoms with Crippen LogP contribution in [-0.2, 0) is 0 Å². The van der Waals surface area contributed by atoms with Crippen LogP contribution >= 0.6 is 0 Å². The second kappa shape index (κ2) is 6.45. The summed E-state index contributed by atoms with van der Waals surface area (Å²) in [7, 11) is 1.59. The first-order valence-corrected chi connectivity index (χ1v) is 8.14. The molecular weight excluding hydrogens is 348 g/mol. The van der Waals surface area contributed by atoms with Gasteiger partial charge < -0.3 is 20.0 Å². The fraction of sp³-hybridized carbons (Fsp3) is 0.111. The van der Waals surface area contributed by atoms with Crippen molar-refractivity contribution in [2.45, 2.75) is 6.92 Å². The fourth-order valence-corrected chi connectivity index (χ4v) is 2.98. The number of hydrogen-bond acceptors (Lipinski definition) is 5. The molecule has 0 saturated heterocycles. The van der Waals surface area contributed by atoms with Gasteiger partial charge in [0.25, 0.3) is 11.5 Å². The van der Waals surface area contributed by atoms with Gasteiger partial charge >= 0.3 is 0 Å². The van der Waals surface area contributed by atoms with Crippen molar-refractivity contribution >= 4 is 22.8 Å². The Balaban J connectivity index is 1.73. The van der Waals surface area contributed by atoms with Crippen LogP contribution in [0.1, 0.15) is 16.1 Å². The Morgan fingerprint density at radius 2 is 2.11 bits per heavy atom. The number of nitrogens with zero attached hydrogens (tertiary/aromatic N) is 2. The van der Waals surface area contributed by atoms with Crippen molar-refractivity contribution in [3.8, 4) is 16.9 Å². The van der Waals surface area contributed by atoms with Gasteiger partial charge in [0.2, 0.25) is 0 Å². The molecule has 3 aromatic heterocycles. The zero-order valence-electron chi connectivity index (χ0n) is 14.6. The summed E-state index contributed by atoms with van der Waals surface area (Å²) in [6.45, 7) is 1.86. The predicted octanol–water partition coefficient (Wildman–Crippen LogP) is 2.21. The summed E-state index contributed by atoms with van der Waals surface area (Å²) in [5, 5.41) is 10.0. The molecule has 136 valence electrons. The highest BCUT2D eigenvalue weighted by Gasteiger charge is 2.20. The van der Waals surface area contributed by atoms with Gasteiger partial charge in [-0.3, -0.25) is 14.7 Å². The molecule has 4 aromatic rings. The molecule has 9 heteroatoms. The van der Waals surface area contributed by atoms with Crippen molar-refractivity contribution in [2.75, 3.05) is 12.4 Å². The minimum atomic E-state index is -0.463. The van der Waals surface area contributed by atoms with E-state index >= 15 is 0 Å². The lowest BCUT2D eigenvalue weighted by molar-refractivity contribution is 0.102. The number of carbonyl (C=O) groups is 1. The third-order valence-corrected chi connectivity index (χ3v) is 4.26. The Labute approximate surface area is 152 Å². The van der Waals surface area contributed by atoms with E-state index in [4.69, 9.17) is 4.74 Å². The van der Waals surface area contributed by atoms with E-state index in [-0.39, 0.29) is 10.9 Å². The highest BCUT2D eigenvalue weighted by atomic mass is 16.5. The molecule has 27 heavy (non-hydrogen) atoms. The van der Waals surface area contributed by atoms with Gasteiger partial charge in [-0.15, -0.1) is 0 Å². The molecular formula is C18H16N6O3. The summed E-state index contributed by atoms with van der Waals surface area (Å²) >= 11 is 0. The Hall–Kier alpha value is -3.88. The quantitative estimate of drug-likeness (QED) is 0.441. The molecule has 9 nitrogen and oxygen atoms in total. The van der Waals surface area contributed by atoms with Crippen LogP contribution in [0.5, 0.6) is 5.75 Å². The standard InChI is InChI=1S/C18H16N6O3/c1-9-13(10-4-3-5-11(6-10)27-2)16(24-23-9)22-17(25)12-7-19-15-14(12)18(26)21-8-20-15/h3-8H,1-2H3,(H2,19,20,21,26)(H2,22,23,24,25). The minimum Gasteiger partial charge on any atom is -0.497 e. The smallest absolute Gasteiger partial charge is 0.261 e. The predicted molar refractivity (Wildman–Crippen MR) is 100.0 cm³/mol. The number of aryl methyl sites for hydroxylation is 1. The van der Waals surface area contributed by atoms with Crippen LogP contribution in [0.4, 0.5) is 5.82 Å². The number of anilines is 1. The van der Waals surface area contributed by atoms with Crippen LogP contribution < -0.4 is 15.6 Å². The fourth-order valence-electron chi connectivity index (χ4n) is 2.98. The summed E-state index contributed by atoms with van der Waals surface area (Å²) in [5.41, 5.74) is 2.52. The molecule has 0 aliphatic heterocycles. The number of nitrogens with one attached hydrogen (secondary N) is 4. The molecule has 3 heterocycles. The van der Waals surface area contributed by atoms with Gasteiger partial charge in [0, 0.05) is 17.5 Å². The van der Waals surface area contributed by atoms with Crippen LogP contribution in [0.2, 0.25) is 0 Å². The van der Waals surface area contributed by atoms with Crippen molar-refractivity contribution in [3.63, 3.8) is 0 Å². The summed E-state index contributed by atoms with van der Waals surface area (Å²) < 4.78 is 5.27. The summed E-state index contributed by atoms with van der Waals surface area (Å²) in [6.07, 6.45) is 2.73. The molecule has 0 aliphatic carbocycles. The van der Waals surface area contributed by atoms with E-state index < -0.39 is 11.5 Å². The normalized spacial score (nSPS) is 10.9. The van der Waals surface area contributed by atoms with E-state index in [1.807, 2.05) is 31.2 Å². The van der Waals surface area contributed by atoms with Crippen molar-refractivity contribution in [3.05, 3.63) is 58.4 Å². The third-order valence-electron chi connectivity index (χ3n) is 4.26. The van der Waals surface area contributed by atoms with Crippen LogP contribution in [0.25, 0.3) is 22.2 Å².